The average Bonchev–Trinajstić information content (AvgIpc) is 3.26. The third kappa shape index (κ3) is 5.42. The van der Waals surface area contributed by atoms with Gasteiger partial charge in [-0.05, 0) is 42.5 Å². The molecule has 0 radical (unpaired) electrons. The number of aromatic nitrogens is 2. The van der Waals surface area contributed by atoms with Gasteiger partial charge < -0.3 is 25.3 Å². The summed E-state index contributed by atoms with van der Waals surface area (Å²) in [7, 11) is 0. The first-order chi connectivity index (χ1) is 16.7. The lowest BCUT2D eigenvalue weighted by molar-refractivity contribution is -0.137. The Kier molecular flexibility index (Phi) is 6.72. The van der Waals surface area contributed by atoms with E-state index >= 15 is 0 Å². The number of imidazole rings is 1. The summed E-state index contributed by atoms with van der Waals surface area (Å²) in [5.41, 5.74) is -0.627. The van der Waals surface area contributed by atoms with Gasteiger partial charge in [0.15, 0.2) is 0 Å². The summed E-state index contributed by atoms with van der Waals surface area (Å²) in [5.74, 6) is -1.43. The first-order valence-electron chi connectivity index (χ1n) is 10.3. The number of hydrogen-bond acceptors (Lipinski definition) is 5. The van der Waals surface area contributed by atoms with Gasteiger partial charge in [-0.15, -0.1) is 0 Å². The van der Waals surface area contributed by atoms with Crippen LogP contribution < -0.4 is 10.1 Å². The summed E-state index contributed by atoms with van der Waals surface area (Å²) in [5, 5.41) is 21.0. The molecule has 0 aliphatic heterocycles. The van der Waals surface area contributed by atoms with Gasteiger partial charge in [0.2, 0.25) is 0 Å². The van der Waals surface area contributed by atoms with Crippen LogP contribution in [0, 0.1) is 5.82 Å². The lowest BCUT2D eigenvalue weighted by Crippen LogP contribution is -2.21. The number of carbonyl (C=O) groups is 1. The lowest BCUT2D eigenvalue weighted by atomic mass is 10.1. The van der Waals surface area contributed by atoms with Crippen LogP contribution in [-0.2, 0) is 6.18 Å². The van der Waals surface area contributed by atoms with Gasteiger partial charge in [0.05, 0.1) is 23.3 Å². The Labute approximate surface area is 196 Å². The second kappa shape index (κ2) is 9.72. The van der Waals surface area contributed by atoms with Crippen molar-refractivity contribution in [3.8, 4) is 17.1 Å². The number of aliphatic hydroxyl groups excluding tert-OH is 2. The number of amides is 1. The molecule has 35 heavy (non-hydrogen) atoms. The van der Waals surface area contributed by atoms with Gasteiger partial charge in [-0.1, -0.05) is 12.1 Å². The predicted molar refractivity (Wildman–Crippen MR) is 119 cm³/mol. The van der Waals surface area contributed by atoms with Crippen LogP contribution in [-0.4, -0.2) is 45.4 Å². The number of fused-ring (bicyclic) bond motifs is 1. The quantitative estimate of drug-likeness (QED) is 0.289. The lowest BCUT2D eigenvalue weighted by Gasteiger charge is -2.11. The Bertz CT molecular complexity index is 1370. The topological polar surface area (TPSA) is 107 Å². The van der Waals surface area contributed by atoms with Crippen molar-refractivity contribution in [2.75, 3.05) is 18.5 Å². The van der Waals surface area contributed by atoms with Gasteiger partial charge in [-0.25, -0.2) is 9.37 Å². The largest absolute Gasteiger partial charge is 0.491 e. The number of hydrogen-bond donors (Lipinski definition) is 4. The number of benzene rings is 3. The van der Waals surface area contributed by atoms with Crippen LogP contribution in [0.2, 0.25) is 0 Å². The number of H-pyrrole nitrogens is 1. The van der Waals surface area contributed by atoms with Crippen molar-refractivity contribution in [3.05, 3.63) is 77.6 Å². The fraction of sp³-hybridized carbons (Fsp3) is 0.167. The minimum atomic E-state index is -4.81. The van der Waals surface area contributed by atoms with Crippen LogP contribution >= 0.6 is 0 Å². The molecule has 3 aromatic carbocycles. The molecule has 1 unspecified atom stereocenters. The van der Waals surface area contributed by atoms with Crippen LogP contribution in [0.15, 0.2) is 60.7 Å². The molecule has 182 valence electrons. The van der Waals surface area contributed by atoms with Gasteiger partial charge in [0.1, 0.15) is 35.6 Å². The van der Waals surface area contributed by atoms with E-state index < -0.39 is 36.2 Å². The molecule has 1 amide bonds. The van der Waals surface area contributed by atoms with E-state index in [1.807, 2.05) is 0 Å². The van der Waals surface area contributed by atoms with E-state index in [0.29, 0.717) is 23.0 Å². The highest BCUT2D eigenvalue weighted by Gasteiger charge is 2.35. The zero-order chi connectivity index (χ0) is 25.2. The smallest absolute Gasteiger partial charge is 0.417 e. The first-order valence-corrected chi connectivity index (χ1v) is 10.3. The first kappa shape index (κ1) is 24.2. The third-order valence-corrected chi connectivity index (χ3v) is 5.04. The number of aliphatic hydroxyl groups is 2. The molecule has 1 aromatic heterocycles. The number of para-hydroxylation sites is 1. The number of alkyl halides is 3. The fourth-order valence-corrected chi connectivity index (χ4v) is 3.41. The van der Waals surface area contributed by atoms with Crippen LogP contribution in [0.4, 0.5) is 23.2 Å². The molecule has 0 fully saturated rings. The number of aromatic amines is 1. The number of anilines is 1. The van der Waals surface area contributed by atoms with Crippen molar-refractivity contribution in [2.45, 2.75) is 12.3 Å². The van der Waals surface area contributed by atoms with E-state index in [9.17, 15) is 27.5 Å². The fourth-order valence-electron chi connectivity index (χ4n) is 3.41. The highest BCUT2D eigenvalue weighted by molar-refractivity contribution is 6.11. The summed E-state index contributed by atoms with van der Waals surface area (Å²) in [6, 6.07) is 13.2. The standard InChI is InChI=1S/C24H19F4N3O4/c25-13-7-8-17(19(9-13)24(26,27)28)22-30-20-6-2-5-18(21(20)31-22)23(34)29-14-3-1-4-16(10-14)35-12-15(33)11-32/h1-10,15,32-33H,11-12H2,(H,29,34)(H,30,31). The number of rotatable bonds is 7. The zero-order valence-electron chi connectivity index (χ0n) is 17.9. The van der Waals surface area contributed by atoms with Crippen molar-refractivity contribution in [3.63, 3.8) is 0 Å². The van der Waals surface area contributed by atoms with E-state index in [4.69, 9.17) is 9.84 Å². The average molecular weight is 489 g/mol. The molecule has 0 saturated heterocycles. The maximum Gasteiger partial charge on any atom is 0.417 e. The molecule has 0 aliphatic carbocycles. The number of carbonyl (C=O) groups excluding carboxylic acids is 1. The van der Waals surface area contributed by atoms with Crippen LogP contribution in [0.25, 0.3) is 22.4 Å². The van der Waals surface area contributed by atoms with Crippen molar-refractivity contribution < 1.29 is 37.3 Å². The van der Waals surface area contributed by atoms with Crippen LogP contribution in [0.5, 0.6) is 5.75 Å². The zero-order valence-corrected chi connectivity index (χ0v) is 17.9. The number of nitrogens with one attached hydrogen (secondary N) is 2. The maximum atomic E-state index is 13.5. The van der Waals surface area contributed by atoms with Crippen molar-refractivity contribution >= 4 is 22.6 Å². The Balaban J connectivity index is 1.63. The Hall–Kier alpha value is -3.96. The second-order valence-electron chi connectivity index (χ2n) is 7.60. The number of nitrogens with zero attached hydrogens (tertiary/aromatic N) is 1. The van der Waals surface area contributed by atoms with Gasteiger partial charge in [-0.3, -0.25) is 4.79 Å². The van der Waals surface area contributed by atoms with Gasteiger partial charge in [0.25, 0.3) is 5.91 Å². The van der Waals surface area contributed by atoms with Gasteiger partial charge in [0, 0.05) is 17.3 Å². The van der Waals surface area contributed by atoms with Crippen molar-refractivity contribution in [1.29, 1.82) is 0 Å². The van der Waals surface area contributed by atoms with Crippen LogP contribution in [0.1, 0.15) is 15.9 Å². The minimum absolute atomic E-state index is 0.0997. The Morgan fingerprint density at radius 1 is 1.11 bits per heavy atom. The van der Waals surface area contributed by atoms with E-state index in [-0.39, 0.29) is 29.1 Å². The molecule has 0 spiro atoms. The molecule has 0 aliphatic rings. The van der Waals surface area contributed by atoms with E-state index in [1.165, 1.54) is 12.1 Å². The SMILES string of the molecule is O=C(Nc1cccc(OCC(O)CO)c1)c1cccc2[nH]c(-c3ccc(F)cc3C(F)(F)F)nc12. The summed E-state index contributed by atoms with van der Waals surface area (Å²) >= 11 is 0. The number of ether oxygens (including phenoxy) is 1. The highest BCUT2D eigenvalue weighted by Crippen LogP contribution is 2.37. The maximum absolute atomic E-state index is 13.5. The van der Waals surface area contributed by atoms with Crippen molar-refractivity contribution in [1.82, 2.24) is 9.97 Å². The molecule has 1 atom stereocenters. The third-order valence-electron chi connectivity index (χ3n) is 5.04. The predicted octanol–water partition coefficient (Wildman–Crippen LogP) is 4.37. The Morgan fingerprint density at radius 2 is 1.89 bits per heavy atom. The molecule has 11 heteroatoms. The van der Waals surface area contributed by atoms with E-state index in [1.54, 1.807) is 30.3 Å². The normalized spacial score (nSPS) is 12.5. The molecule has 4 aromatic rings. The Morgan fingerprint density at radius 3 is 2.63 bits per heavy atom. The summed E-state index contributed by atoms with van der Waals surface area (Å²) < 4.78 is 59.2. The molecular weight excluding hydrogens is 470 g/mol. The van der Waals surface area contributed by atoms with Gasteiger partial charge in [-0.2, -0.15) is 13.2 Å². The minimum Gasteiger partial charge on any atom is -0.491 e. The molecule has 0 bridgehead atoms. The van der Waals surface area contributed by atoms with Gasteiger partial charge >= 0.3 is 6.18 Å². The molecular formula is C24H19F4N3O4. The van der Waals surface area contributed by atoms with E-state index in [0.717, 1.165) is 12.1 Å². The summed E-state index contributed by atoms with van der Waals surface area (Å²) in [6.45, 7) is -0.610. The monoisotopic (exact) mass is 489 g/mol. The van der Waals surface area contributed by atoms with E-state index in [2.05, 4.69) is 15.3 Å². The van der Waals surface area contributed by atoms with Crippen molar-refractivity contribution in [2.24, 2.45) is 0 Å². The molecule has 4 N–H and O–H groups in total. The molecule has 1 heterocycles. The molecule has 0 saturated carbocycles. The molecule has 7 nitrogen and oxygen atoms in total. The molecule has 4 rings (SSSR count). The highest BCUT2D eigenvalue weighted by atomic mass is 19.4. The summed E-state index contributed by atoms with van der Waals surface area (Å²) in [4.78, 5) is 19.9. The second-order valence-corrected chi connectivity index (χ2v) is 7.60. The summed E-state index contributed by atoms with van der Waals surface area (Å²) in [6.07, 6.45) is -5.87. The number of halogens is 4. The van der Waals surface area contributed by atoms with Crippen LogP contribution in [0.3, 0.4) is 0 Å².